The van der Waals surface area contributed by atoms with E-state index in [1.165, 1.54) is 65.4 Å². The molecule has 15 heteroatoms. The molecule has 2 aromatic carbocycles. The van der Waals surface area contributed by atoms with E-state index in [-0.39, 0.29) is 36.7 Å². The van der Waals surface area contributed by atoms with E-state index in [2.05, 4.69) is 15.8 Å². The quantitative estimate of drug-likeness (QED) is 0.124. The molecular weight excluding hydrogens is 701 g/mol. The van der Waals surface area contributed by atoms with Crippen LogP contribution in [0.3, 0.4) is 0 Å². The van der Waals surface area contributed by atoms with Gasteiger partial charge >= 0.3 is 5.97 Å². The van der Waals surface area contributed by atoms with Crippen LogP contribution in [0.4, 0.5) is 10.1 Å². The molecule has 54 heavy (non-hydrogen) atoms. The number of rotatable bonds is 16. The summed E-state index contributed by atoms with van der Waals surface area (Å²) in [5, 5.41) is 9.13. The van der Waals surface area contributed by atoms with Gasteiger partial charge in [-0.2, -0.15) is 0 Å². The van der Waals surface area contributed by atoms with Crippen LogP contribution in [0.5, 0.6) is 11.5 Å². The van der Waals surface area contributed by atoms with Crippen molar-refractivity contribution in [2.75, 3.05) is 32.7 Å². The molecule has 1 aliphatic heterocycles. The zero-order valence-electron chi connectivity index (χ0n) is 30.4. The number of halogens is 1. The minimum absolute atomic E-state index is 0.0395. The van der Waals surface area contributed by atoms with Crippen LogP contribution in [-0.4, -0.2) is 71.7 Å². The molecule has 5 rings (SSSR count). The Morgan fingerprint density at radius 1 is 1.07 bits per heavy atom. The summed E-state index contributed by atoms with van der Waals surface area (Å²) in [5.74, 6) is -1.48. The molecule has 2 N–H and O–H groups in total. The van der Waals surface area contributed by atoms with Crippen LogP contribution >= 0.6 is 0 Å². The fraction of sp³-hybridized carbons (Fsp3) is 0.333. The lowest BCUT2D eigenvalue weighted by Gasteiger charge is -2.25. The molecule has 0 saturated carbocycles. The van der Waals surface area contributed by atoms with Crippen LogP contribution in [0.2, 0.25) is 0 Å². The molecule has 0 radical (unpaired) electrons. The number of benzene rings is 2. The van der Waals surface area contributed by atoms with Crippen molar-refractivity contribution in [3.8, 4) is 11.5 Å². The van der Waals surface area contributed by atoms with Crippen molar-refractivity contribution < 1.29 is 42.3 Å². The van der Waals surface area contributed by atoms with Gasteiger partial charge < -0.3 is 38.8 Å². The van der Waals surface area contributed by atoms with Gasteiger partial charge in [-0.05, 0) is 68.7 Å². The van der Waals surface area contributed by atoms with E-state index in [0.717, 1.165) is 5.56 Å². The Balaban J connectivity index is 1.40. The fourth-order valence-corrected chi connectivity index (χ4v) is 6.19. The Kier molecular flexibility index (Phi) is 13.0. The molecule has 3 amide bonds. The van der Waals surface area contributed by atoms with E-state index in [0.29, 0.717) is 42.3 Å². The third-order valence-electron chi connectivity index (χ3n) is 8.95. The van der Waals surface area contributed by atoms with Gasteiger partial charge in [-0.1, -0.05) is 23.4 Å². The van der Waals surface area contributed by atoms with Crippen molar-refractivity contribution in [2.24, 2.45) is 5.92 Å². The van der Waals surface area contributed by atoms with Crippen LogP contribution in [0.15, 0.2) is 88.3 Å². The molecule has 0 bridgehead atoms. The highest BCUT2D eigenvalue weighted by Crippen LogP contribution is 2.30. The maximum atomic E-state index is 14.3. The minimum atomic E-state index is -1.20. The SMILES string of the molecule is CCOC(=O)/C=C/[C@H](C[C@@H]1CCN(Cc2ccc(OC)cc2OC)C1=O)NC(=O)[C@H](Cc1ccc(F)cc1)n1cccc(NC(=O)c2cc(C)on2)c1=O. The number of hydrogen-bond donors (Lipinski definition) is 2. The first-order valence-corrected chi connectivity index (χ1v) is 17.3. The van der Waals surface area contributed by atoms with E-state index in [1.54, 1.807) is 45.1 Å². The Morgan fingerprint density at radius 3 is 2.54 bits per heavy atom. The fourth-order valence-electron chi connectivity index (χ4n) is 6.19. The number of aromatic nitrogens is 2. The summed E-state index contributed by atoms with van der Waals surface area (Å²) < 4.78 is 35.8. The lowest BCUT2D eigenvalue weighted by Crippen LogP contribution is -2.44. The Morgan fingerprint density at radius 2 is 1.85 bits per heavy atom. The Bertz CT molecular complexity index is 2060. The summed E-state index contributed by atoms with van der Waals surface area (Å²) in [7, 11) is 3.09. The zero-order chi connectivity index (χ0) is 38.8. The summed E-state index contributed by atoms with van der Waals surface area (Å²) in [6.07, 6.45) is 4.65. The predicted octanol–water partition coefficient (Wildman–Crippen LogP) is 4.38. The van der Waals surface area contributed by atoms with Gasteiger partial charge in [0.15, 0.2) is 5.69 Å². The number of hydrogen-bond acceptors (Lipinski definition) is 10. The Labute approximate surface area is 310 Å². The molecule has 14 nitrogen and oxygen atoms in total. The van der Waals surface area contributed by atoms with E-state index >= 15 is 0 Å². The molecule has 4 aromatic rings. The van der Waals surface area contributed by atoms with Crippen molar-refractivity contribution in [3.63, 3.8) is 0 Å². The first-order valence-electron chi connectivity index (χ1n) is 17.3. The second kappa shape index (κ2) is 18.0. The minimum Gasteiger partial charge on any atom is -0.497 e. The number of anilines is 1. The van der Waals surface area contributed by atoms with Gasteiger partial charge in [0, 0.05) is 61.4 Å². The van der Waals surface area contributed by atoms with E-state index < -0.39 is 47.2 Å². The van der Waals surface area contributed by atoms with Crippen molar-refractivity contribution >= 4 is 29.4 Å². The van der Waals surface area contributed by atoms with Crippen molar-refractivity contribution in [1.29, 1.82) is 0 Å². The molecule has 1 saturated heterocycles. The van der Waals surface area contributed by atoms with Crippen molar-refractivity contribution in [2.45, 2.75) is 51.7 Å². The number of aryl methyl sites for hydroxylation is 1. The number of esters is 1. The average molecular weight is 744 g/mol. The summed E-state index contributed by atoms with van der Waals surface area (Å²) in [4.78, 5) is 68.7. The third kappa shape index (κ3) is 9.79. The number of pyridine rings is 1. The summed E-state index contributed by atoms with van der Waals surface area (Å²) in [6.45, 7) is 4.16. The molecule has 3 atom stereocenters. The number of amides is 3. The van der Waals surface area contributed by atoms with Crippen LogP contribution in [-0.2, 0) is 32.1 Å². The topological polar surface area (TPSA) is 171 Å². The maximum Gasteiger partial charge on any atom is 0.330 e. The smallest absolute Gasteiger partial charge is 0.330 e. The van der Waals surface area contributed by atoms with E-state index in [4.69, 9.17) is 18.7 Å². The highest BCUT2D eigenvalue weighted by atomic mass is 19.1. The largest absolute Gasteiger partial charge is 0.497 e. The highest BCUT2D eigenvalue weighted by Gasteiger charge is 2.35. The summed E-state index contributed by atoms with van der Waals surface area (Å²) >= 11 is 0. The second-order valence-corrected chi connectivity index (χ2v) is 12.6. The predicted molar refractivity (Wildman–Crippen MR) is 194 cm³/mol. The van der Waals surface area contributed by atoms with Crippen LogP contribution in [0, 0.1) is 18.7 Å². The van der Waals surface area contributed by atoms with Crippen LogP contribution in [0.25, 0.3) is 0 Å². The number of carbonyl (C=O) groups is 4. The molecule has 1 aliphatic rings. The number of methoxy groups -OCH3 is 2. The van der Waals surface area contributed by atoms with Gasteiger partial charge in [0.25, 0.3) is 11.5 Å². The van der Waals surface area contributed by atoms with Gasteiger partial charge in [-0.15, -0.1) is 0 Å². The first kappa shape index (κ1) is 39.0. The second-order valence-electron chi connectivity index (χ2n) is 12.6. The molecular formula is C39H42FN5O9. The Hall–Kier alpha value is -6.25. The maximum absolute atomic E-state index is 14.3. The lowest BCUT2D eigenvalue weighted by atomic mass is 9.97. The van der Waals surface area contributed by atoms with Crippen LogP contribution in [0.1, 0.15) is 53.2 Å². The van der Waals surface area contributed by atoms with Gasteiger partial charge in [-0.3, -0.25) is 19.2 Å². The number of nitrogens with zero attached hydrogens (tertiary/aromatic N) is 3. The summed E-state index contributed by atoms with van der Waals surface area (Å²) in [6, 6.07) is 13.1. The average Bonchev–Trinajstić information content (AvgIpc) is 3.76. The molecule has 2 aromatic heterocycles. The molecule has 3 heterocycles. The van der Waals surface area contributed by atoms with Gasteiger partial charge in [0.2, 0.25) is 11.8 Å². The van der Waals surface area contributed by atoms with Gasteiger partial charge in [0.05, 0.1) is 20.8 Å². The highest BCUT2D eigenvalue weighted by molar-refractivity contribution is 6.02. The number of ether oxygens (including phenoxy) is 3. The zero-order valence-corrected chi connectivity index (χ0v) is 30.4. The molecule has 1 fully saturated rings. The van der Waals surface area contributed by atoms with Crippen molar-refractivity contribution in [3.05, 3.63) is 118 Å². The monoisotopic (exact) mass is 743 g/mol. The van der Waals surface area contributed by atoms with Crippen LogP contribution < -0.4 is 25.7 Å². The van der Waals surface area contributed by atoms with Gasteiger partial charge in [0.1, 0.15) is 34.8 Å². The number of likely N-dealkylation sites (tertiary alicyclic amines) is 1. The van der Waals surface area contributed by atoms with Crippen molar-refractivity contribution in [1.82, 2.24) is 19.9 Å². The molecule has 0 spiro atoms. The van der Waals surface area contributed by atoms with Gasteiger partial charge in [-0.25, -0.2) is 9.18 Å². The van der Waals surface area contributed by atoms with E-state index in [9.17, 15) is 28.4 Å². The van der Waals surface area contributed by atoms with E-state index in [1.807, 2.05) is 6.07 Å². The molecule has 0 unspecified atom stereocenters. The summed E-state index contributed by atoms with van der Waals surface area (Å²) in [5.41, 5.74) is 0.488. The normalized spacial score (nSPS) is 15.2. The molecule has 284 valence electrons. The first-order chi connectivity index (χ1) is 26.0. The number of nitrogens with one attached hydrogen (secondary N) is 2. The third-order valence-corrected chi connectivity index (χ3v) is 8.95. The standard InChI is InChI=1S/C39H42FN5O9/c1-5-53-35(46)15-13-29(21-26-16-18-44(38(26)49)23-27-10-14-30(51-3)22-34(27)52-4)41-37(48)33(20-25-8-11-28(40)12-9-25)45-17-6-7-31(39(45)50)42-36(47)32-19-24(2)54-43-32/h6-15,17,19,22,26,29,33H,5,16,18,20-21,23H2,1-4H3,(H,41,48)(H,42,47)/b15-13+/t26-,29+,33-/m0/s1. The lowest BCUT2D eigenvalue weighted by molar-refractivity contribution is -0.137. The molecule has 0 aliphatic carbocycles. The number of carbonyl (C=O) groups excluding carboxylic acids is 4.